The Bertz CT molecular complexity index is 777. The Hall–Kier alpha value is -2.41. The van der Waals surface area contributed by atoms with E-state index in [0.717, 1.165) is 0 Å². The average Bonchev–Trinajstić information content (AvgIpc) is 2.45. The van der Waals surface area contributed by atoms with Gasteiger partial charge in [0.15, 0.2) is 4.77 Å². The lowest BCUT2D eigenvalue weighted by atomic mass is 10.3. The van der Waals surface area contributed by atoms with Crippen LogP contribution >= 0.6 is 12.2 Å². The summed E-state index contributed by atoms with van der Waals surface area (Å²) in [7, 11) is 3.11. The maximum Gasteiger partial charge on any atom is 0.264 e. The van der Waals surface area contributed by atoms with Gasteiger partial charge in [0.1, 0.15) is 11.3 Å². The first-order chi connectivity index (χ1) is 9.52. The lowest BCUT2D eigenvalue weighted by Crippen LogP contribution is -2.17. The fourth-order valence-corrected chi connectivity index (χ4v) is 1.75. The highest BCUT2D eigenvalue weighted by Crippen LogP contribution is 2.19. The number of methoxy groups -OCH3 is 1. The van der Waals surface area contributed by atoms with Crippen LogP contribution in [0.25, 0.3) is 0 Å². The highest BCUT2D eigenvalue weighted by molar-refractivity contribution is 7.71. The normalized spacial score (nSPS) is 10.9. The van der Waals surface area contributed by atoms with Gasteiger partial charge in [-0.05, 0) is 24.4 Å². The molecule has 2 rings (SSSR count). The molecular weight excluding hydrogens is 278 g/mol. The number of ether oxygens (including phenoxy) is 1. The summed E-state index contributed by atoms with van der Waals surface area (Å²) in [4.78, 5) is 18.3. The van der Waals surface area contributed by atoms with Gasteiger partial charge in [-0.25, -0.2) is 0 Å². The van der Waals surface area contributed by atoms with Crippen LogP contribution < -0.4 is 10.3 Å². The molecule has 1 aromatic heterocycles. The van der Waals surface area contributed by atoms with Crippen molar-refractivity contribution in [2.45, 2.75) is 0 Å². The van der Waals surface area contributed by atoms with Crippen molar-refractivity contribution >= 4 is 24.1 Å². The van der Waals surface area contributed by atoms with Crippen LogP contribution in [-0.4, -0.2) is 28.0 Å². The molecule has 0 aliphatic heterocycles. The average molecular weight is 291 g/mol. The number of rotatable bonds is 3. The monoisotopic (exact) mass is 291 g/mol. The highest BCUT2D eigenvalue weighted by atomic mass is 32.1. The molecule has 0 unspecified atom stereocenters. The standard InChI is InChI=1S/C13H13N3O3S/c1-16-12(18)10(11(17)15-13(16)20)7-14-8-4-3-5-9(6-8)19-2/h3-7,18H,1-2H3,(H,15,17,20). The molecule has 0 aliphatic carbocycles. The van der Waals surface area contributed by atoms with Gasteiger partial charge >= 0.3 is 0 Å². The predicted octanol–water partition coefficient (Wildman–Crippen LogP) is 1.91. The molecule has 0 aliphatic rings. The minimum absolute atomic E-state index is 0.0453. The summed E-state index contributed by atoms with van der Waals surface area (Å²) < 4.78 is 6.52. The molecule has 0 amide bonds. The smallest absolute Gasteiger partial charge is 0.264 e. The van der Waals surface area contributed by atoms with Gasteiger partial charge in [0.05, 0.1) is 12.8 Å². The lowest BCUT2D eigenvalue weighted by molar-refractivity contribution is 0.415. The molecule has 0 radical (unpaired) electrons. The van der Waals surface area contributed by atoms with Crippen molar-refractivity contribution in [2.75, 3.05) is 7.11 Å². The van der Waals surface area contributed by atoms with E-state index in [1.165, 1.54) is 10.8 Å². The van der Waals surface area contributed by atoms with Crippen molar-refractivity contribution in [3.63, 3.8) is 0 Å². The number of nitrogens with one attached hydrogen (secondary N) is 1. The van der Waals surface area contributed by atoms with Gasteiger partial charge in [0.25, 0.3) is 5.56 Å². The fraction of sp³-hybridized carbons (Fsp3) is 0.154. The van der Waals surface area contributed by atoms with Gasteiger partial charge < -0.3 is 9.84 Å². The van der Waals surface area contributed by atoms with Crippen molar-refractivity contribution in [2.24, 2.45) is 12.0 Å². The first kappa shape index (κ1) is 14.0. The Labute approximate surface area is 120 Å². The van der Waals surface area contributed by atoms with E-state index >= 15 is 0 Å². The van der Waals surface area contributed by atoms with Crippen LogP contribution in [0.5, 0.6) is 11.6 Å². The number of nitrogens with zero attached hydrogens (tertiary/aromatic N) is 2. The SMILES string of the molecule is COc1cccc(N=Cc2c(O)n(C)c(=S)[nH]c2=O)c1. The number of aromatic nitrogens is 2. The van der Waals surface area contributed by atoms with Crippen LogP contribution in [0.3, 0.4) is 0 Å². The Morgan fingerprint density at radius 1 is 1.50 bits per heavy atom. The molecular formula is C13H13N3O3S. The van der Waals surface area contributed by atoms with Crippen LogP contribution in [0.2, 0.25) is 0 Å². The molecule has 104 valence electrons. The highest BCUT2D eigenvalue weighted by Gasteiger charge is 2.07. The topological polar surface area (TPSA) is 79.6 Å². The van der Waals surface area contributed by atoms with Crippen LogP contribution in [0.4, 0.5) is 5.69 Å². The van der Waals surface area contributed by atoms with E-state index in [9.17, 15) is 9.90 Å². The molecule has 2 aromatic rings. The first-order valence-electron chi connectivity index (χ1n) is 5.73. The van der Waals surface area contributed by atoms with Crippen LogP contribution in [0.15, 0.2) is 34.1 Å². The third-order valence-corrected chi connectivity index (χ3v) is 3.10. The molecule has 7 heteroatoms. The van der Waals surface area contributed by atoms with Crippen LogP contribution in [-0.2, 0) is 7.05 Å². The van der Waals surface area contributed by atoms with Crippen LogP contribution in [0, 0.1) is 4.77 Å². The molecule has 0 saturated carbocycles. The second kappa shape index (κ2) is 5.70. The molecule has 1 aromatic carbocycles. The second-order valence-corrected chi connectivity index (χ2v) is 4.40. The summed E-state index contributed by atoms with van der Waals surface area (Å²) in [6.07, 6.45) is 1.29. The number of benzene rings is 1. The van der Waals surface area contributed by atoms with Gasteiger partial charge in [0, 0.05) is 19.3 Å². The number of aromatic amines is 1. The van der Waals surface area contributed by atoms with E-state index in [1.807, 2.05) is 0 Å². The summed E-state index contributed by atoms with van der Waals surface area (Å²) >= 11 is 4.88. The quantitative estimate of drug-likeness (QED) is 0.668. The molecule has 6 nitrogen and oxygen atoms in total. The summed E-state index contributed by atoms with van der Waals surface area (Å²) in [5.41, 5.74) is 0.161. The van der Waals surface area contributed by atoms with Gasteiger partial charge in [-0.1, -0.05) is 6.07 Å². The maximum absolute atomic E-state index is 11.7. The van der Waals surface area contributed by atoms with Crippen molar-refractivity contribution in [3.8, 4) is 11.6 Å². The second-order valence-electron chi connectivity index (χ2n) is 4.02. The number of hydrogen-bond acceptors (Lipinski definition) is 5. The Kier molecular flexibility index (Phi) is 3.99. The maximum atomic E-state index is 11.7. The van der Waals surface area contributed by atoms with E-state index < -0.39 is 5.56 Å². The first-order valence-corrected chi connectivity index (χ1v) is 6.14. The molecule has 0 atom stereocenters. The number of H-pyrrole nitrogens is 1. The lowest BCUT2D eigenvalue weighted by Gasteiger charge is -2.04. The zero-order valence-corrected chi connectivity index (χ0v) is 11.8. The largest absolute Gasteiger partial charge is 0.497 e. The van der Waals surface area contributed by atoms with Gasteiger partial charge in [0.2, 0.25) is 5.88 Å². The van der Waals surface area contributed by atoms with Gasteiger partial charge in [-0.3, -0.25) is 19.3 Å². The van der Waals surface area contributed by atoms with E-state index in [4.69, 9.17) is 17.0 Å². The summed E-state index contributed by atoms with van der Waals surface area (Å²) in [5, 5.41) is 9.90. The minimum atomic E-state index is -0.489. The Morgan fingerprint density at radius 2 is 2.25 bits per heavy atom. The number of aromatic hydroxyl groups is 1. The van der Waals surface area contributed by atoms with Crippen molar-refractivity contribution in [3.05, 3.63) is 45.0 Å². The van der Waals surface area contributed by atoms with Gasteiger partial charge in [-0.15, -0.1) is 0 Å². The molecule has 2 N–H and O–H groups in total. The third-order valence-electron chi connectivity index (χ3n) is 2.72. The zero-order chi connectivity index (χ0) is 14.7. The van der Waals surface area contributed by atoms with E-state index in [2.05, 4.69) is 9.98 Å². The summed E-state index contributed by atoms with van der Waals surface area (Å²) in [5.74, 6) is 0.426. The molecule has 20 heavy (non-hydrogen) atoms. The molecule has 1 heterocycles. The predicted molar refractivity (Wildman–Crippen MR) is 78.8 cm³/mol. The van der Waals surface area contributed by atoms with Crippen LogP contribution in [0.1, 0.15) is 5.56 Å². The molecule has 0 saturated heterocycles. The third kappa shape index (κ3) is 2.77. The molecule has 0 bridgehead atoms. The number of aliphatic imine (C=N–C) groups is 1. The molecule has 0 spiro atoms. The van der Waals surface area contributed by atoms with E-state index in [0.29, 0.717) is 11.4 Å². The van der Waals surface area contributed by atoms with Crippen molar-refractivity contribution < 1.29 is 9.84 Å². The summed E-state index contributed by atoms with van der Waals surface area (Å²) in [6, 6.07) is 7.03. The number of hydrogen-bond donors (Lipinski definition) is 2. The van der Waals surface area contributed by atoms with E-state index in [1.54, 1.807) is 38.4 Å². The van der Waals surface area contributed by atoms with E-state index in [-0.39, 0.29) is 16.2 Å². The van der Waals surface area contributed by atoms with Crippen molar-refractivity contribution in [1.29, 1.82) is 0 Å². The zero-order valence-electron chi connectivity index (χ0n) is 11.0. The molecule has 0 fully saturated rings. The minimum Gasteiger partial charge on any atom is -0.497 e. The Balaban J connectivity index is 2.44. The van der Waals surface area contributed by atoms with Gasteiger partial charge in [-0.2, -0.15) is 0 Å². The summed E-state index contributed by atoms with van der Waals surface area (Å²) in [6.45, 7) is 0. The van der Waals surface area contributed by atoms with Crippen molar-refractivity contribution in [1.82, 2.24) is 9.55 Å². The fourth-order valence-electron chi connectivity index (χ4n) is 1.57. The Morgan fingerprint density at radius 3 is 2.95 bits per heavy atom.